The summed E-state index contributed by atoms with van der Waals surface area (Å²) in [6.45, 7) is 6.68. The van der Waals surface area contributed by atoms with Crippen molar-refractivity contribution in [3.63, 3.8) is 0 Å². The lowest BCUT2D eigenvalue weighted by Crippen LogP contribution is -2.60. The number of amides is 1. The van der Waals surface area contributed by atoms with Crippen LogP contribution in [0.25, 0.3) is 0 Å². The Kier molecular flexibility index (Phi) is 5.45. The maximum Gasteiger partial charge on any atom is 0.223 e. The van der Waals surface area contributed by atoms with E-state index < -0.39 is 0 Å². The Hall–Kier alpha value is -2.56. The van der Waals surface area contributed by atoms with Crippen molar-refractivity contribution in [2.45, 2.75) is 32.2 Å². The number of anilines is 1. The van der Waals surface area contributed by atoms with Gasteiger partial charge < -0.3 is 14.5 Å². The molecule has 5 heteroatoms. The molecule has 0 N–H and O–H groups in total. The van der Waals surface area contributed by atoms with Crippen molar-refractivity contribution >= 4 is 11.6 Å². The fourth-order valence-electron chi connectivity index (χ4n) is 3.55. The van der Waals surface area contributed by atoms with E-state index in [1.54, 1.807) is 13.3 Å². The highest BCUT2D eigenvalue weighted by molar-refractivity contribution is 5.77. The van der Waals surface area contributed by atoms with Gasteiger partial charge in [0.15, 0.2) is 0 Å². The normalized spacial score (nSPS) is 16.4. The number of methoxy groups -OCH3 is 1. The summed E-state index contributed by atoms with van der Waals surface area (Å²) in [7, 11) is 1.67. The van der Waals surface area contributed by atoms with Crippen LogP contribution in [0.1, 0.15) is 26.0 Å². The zero-order valence-electron chi connectivity index (χ0n) is 15.8. The number of rotatable bonds is 5. The molecule has 0 bridgehead atoms. The summed E-state index contributed by atoms with van der Waals surface area (Å²) < 4.78 is 5.24. The van der Waals surface area contributed by atoms with Crippen molar-refractivity contribution in [2.24, 2.45) is 0 Å². The van der Waals surface area contributed by atoms with Gasteiger partial charge in [-0.2, -0.15) is 0 Å². The highest BCUT2D eigenvalue weighted by atomic mass is 16.5. The van der Waals surface area contributed by atoms with Crippen molar-refractivity contribution in [1.29, 1.82) is 0 Å². The van der Waals surface area contributed by atoms with Crippen LogP contribution in [0.15, 0.2) is 48.7 Å². The quantitative estimate of drug-likeness (QED) is 0.828. The molecule has 2 heterocycles. The highest BCUT2D eigenvalue weighted by Crippen LogP contribution is 2.29. The third kappa shape index (κ3) is 4.15. The SMILES string of the molecule is COc1ccc(N2CCN(C(=O)CCc3ccccn3)CC2(C)C)cc1. The smallest absolute Gasteiger partial charge is 0.223 e. The van der Waals surface area contributed by atoms with E-state index in [2.05, 4.69) is 35.9 Å². The van der Waals surface area contributed by atoms with Crippen molar-refractivity contribution < 1.29 is 9.53 Å². The topological polar surface area (TPSA) is 45.7 Å². The Bertz CT molecular complexity index is 729. The van der Waals surface area contributed by atoms with Crippen LogP contribution >= 0.6 is 0 Å². The molecule has 1 fully saturated rings. The van der Waals surface area contributed by atoms with Crippen LogP contribution in [-0.2, 0) is 11.2 Å². The van der Waals surface area contributed by atoms with E-state index in [4.69, 9.17) is 4.74 Å². The molecule has 1 aromatic carbocycles. The number of benzene rings is 1. The second-order valence-electron chi connectivity index (χ2n) is 7.30. The van der Waals surface area contributed by atoms with Crippen LogP contribution in [0.2, 0.25) is 0 Å². The van der Waals surface area contributed by atoms with E-state index in [0.29, 0.717) is 12.8 Å². The second-order valence-corrected chi connectivity index (χ2v) is 7.30. The first-order chi connectivity index (χ1) is 12.5. The molecule has 1 saturated heterocycles. The Morgan fingerprint density at radius 2 is 1.92 bits per heavy atom. The van der Waals surface area contributed by atoms with Gasteiger partial charge >= 0.3 is 0 Å². The van der Waals surface area contributed by atoms with Gasteiger partial charge in [0.2, 0.25) is 5.91 Å². The van der Waals surface area contributed by atoms with Gasteiger partial charge in [-0.05, 0) is 56.7 Å². The molecule has 0 aliphatic carbocycles. The molecule has 138 valence electrons. The van der Waals surface area contributed by atoms with E-state index in [-0.39, 0.29) is 11.4 Å². The number of hydrogen-bond donors (Lipinski definition) is 0. The first-order valence-corrected chi connectivity index (χ1v) is 9.09. The zero-order valence-corrected chi connectivity index (χ0v) is 15.8. The van der Waals surface area contributed by atoms with Crippen molar-refractivity contribution in [3.8, 4) is 5.75 Å². The molecule has 26 heavy (non-hydrogen) atoms. The molecule has 1 aromatic heterocycles. The van der Waals surface area contributed by atoms with E-state index in [0.717, 1.165) is 36.8 Å². The van der Waals surface area contributed by atoms with E-state index in [1.807, 2.05) is 35.2 Å². The minimum absolute atomic E-state index is 0.118. The zero-order chi connectivity index (χ0) is 18.6. The molecular formula is C21H27N3O2. The second kappa shape index (κ2) is 7.77. The number of hydrogen-bond acceptors (Lipinski definition) is 4. The van der Waals surface area contributed by atoms with Crippen LogP contribution in [0.3, 0.4) is 0 Å². The Balaban J connectivity index is 1.61. The average Bonchev–Trinajstić information content (AvgIpc) is 2.66. The van der Waals surface area contributed by atoms with Crippen LogP contribution in [-0.4, -0.2) is 48.1 Å². The van der Waals surface area contributed by atoms with Crippen molar-refractivity contribution in [2.75, 3.05) is 31.6 Å². The maximum atomic E-state index is 12.6. The van der Waals surface area contributed by atoms with Gasteiger partial charge in [0, 0.05) is 43.6 Å². The fraction of sp³-hybridized carbons (Fsp3) is 0.429. The molecule has 1 aliphatic rings. The number of aryl methyl sites for hydroxylation is 1. The predicted molar refractivity (Wildman–Crippen MR) is 104 cm³/mol. The predicted octanol–water partition coefficient (Wildman–Crippen LogP) is 3.15. The Morgan fingerprint density at radius 3 is 2.54 bits per heavy atom. The first kappa shape index (κ1) is 18.2. The number of piperazine rings is 1. The molecule has 0 spiro atoms. The lowest BCUT2D eigenvalue weighted by molar-refractivity contribution is -0.132. The molecule has 0 saturated carbocycles. The number of carbonyl (C=O) groups is 1. The molecule has 1 amide bonds. The molecule has 0 unspecified atom stereocenters. The van der Waals surface area contributed by atoms with Gasteiger partial charge in [0.05, 0.1) is 12.6 Å². The summed E-state index contributed by atoms with van der Waals surface area (Å²) in [4.78, 5) is 21.3. The van der Waals surface area contributed by atoms with E-state index in [9.17, 15) is 4.79 Å². The van der Waals surface area contributed by atoms with E-state index >= 15 is 0 Å². The monoisotopic (exact) mass is 353 g/mol. The van der Waals surface area contributed by atoms with Crippen molar-refractivity contribution in [3.05, 3.63) is 54.4 Å². The first-order valence-electron chi connectivity index (χ1n) is 9.09. The van der Waals surface area contributed by atoms with E-state index in [1.165, 1.54) is 0 Å². The summed E-state index contributed by atoms with van der Waals surface area (Å²) >= 11 is 0. The summed E-state index contributed by atoms with van der Waals surface area (Å²) in [5, 5.41) is 0. The maximum absolute atomic E-state index is 12.6. The largest absolute Gasteiger partial charge is 0.497 e. The third-order valence-corrected chi connectivity index (χ3v) is 4.96. The number of carbonyl (C=O) groups excluding carboxylic acids is 1. The van der Waals surface area contributed by atoms with Gasteiger partial charge in [0.1, 0.15) is 5.75 Å². The van der Waals surface area contributed by atoms with Crippen LogP contribution in [0.4, 0.5) is 5.69 Å². The number of pyridine rings is 1. The number of aromatic nitrogens is 1. The van der Waals surface area contributed by atoms with Crippen LogP contribution < -0.4 is 9.64 Å². The summed E-state index contributed by atoms with van der Waals surface area (Å²) in [5.74, 6) is 1.06. The van der Waals surface area contributed by atoms with Crippen molar-refractivity contribution in [1.82, 2.24) is 9.88 Å². The number of ether oxygens (including phenoxy) is 1. The van der Waals surface area contributed by atoms with Gasteiger partial charge in [-0.15, -0.1) is 0 Å². The fourth-order valence-corrected chi connectivity index (χ4v) is 3.55. The molecule has 1 aliphatic heterocycles. The summed E-state index contributed by atoms with van der Waals surface area (Å²) in [6, 6.07) is 14.0. The summed E-state index contributed by atoms with van der Waals surface area (Å²) in [5.41, 5.74) is 2.02. The minimum Gasteiger partial charge on any atom is -0.497 e. The van der Waals surface area contributed by atoms with Gasteiger partial charge in [-0.3, -0.25) is 9.78 Å². The minimum atomic E-state index is -0.118. The molecule has 0 radical (unpaired) electrons. The summed E-state index contributed by atoms with van der Waals surface area (Å²) in [6.07, 6.45) is 2.98. The molecule has 2 aromatic rings. The molecule has 5 nitrogen and oxygen atoms in total. The van der Waals surface area contributed by atoms with Gasteiger partial charge in [-0.25, -0.2) is 0 Å². The highest BCUT2D eigenvalue weighted by Gasteiger charge is 2.35. The van der Waals surface area contributed by atoms with Gasteiger partial charge in [0.25, 0.3) is 0 Å². The molecular weight excluding hydrogens is 326 g/mol. The average molecular weight is 353 g/mol. The lowest BCUT2D eigenvalue weighted by atomic mass is 9.97. The van der Waals surface area contributed by atoms with Crippen LogP contribution in [0, 0.1) is 0 Å². The number of nitrogens with zero attached hydrogens (tertiary/aromatic N) is 3. The lowest BCUT2D eigenvalue weighted by Gasteiger charge is -2.48. The standard InChI is InChI=1S/C21H27N3O2/c1-21(2)16-23(20(25)12-7-17-6-4-5-13-22-17)14-15-24(21)18-8-10-19(26-3)11-9-18/h4-6,8-11,13H,7,12,14-16H2,1-3H3. The van der Waals surface area contributed by atoms with Crippen LogP contribution in [0.5, 0.6) is 5.75 Å². The Labute approximate surface area is 155 Å². The third-order valence-electron chi connectivity index (χ3n) is 4.96. The Morgan fingerprint density at radius 1 is 1.15 bits per heavy atom. The molecule has 0 atom stereocenters. The molecule has 3 rings (SSSR count). The van der Waals surface area contributed by atoms with Gasteiger partial charge in [-0.1, -0.05) is 6.07 Å².